The molecule has 0 spiro atoms. The van der Waals surface area contributed by atoms with E-state index < -0.39 is 15.8 Å². The van der Waals surface area contributed by atoms with Gasteiger partial charge in [-0.1, -0.05) is 0 Å². The number of halogens is 1. The Hall–Kier alpha value is -1.86. The molecular formula is C14H15FN2O3S. The van der Waals surface area contributed by atoms with Crippen LogP contribution in [-0.2, 0) is 16.6 Å². The fourth-order valence-corrected chi connectivity index (χ4v) is 3.88. The van der Waals surface area contributed by atoms with E-state index in [0.29, 0.717) is 5.76 Å². The molecule has 0 amide bonds. The van der Waals surface area contributed by atoms with Crippen LogP contribution < -0.4 is 5.73 Å². The maximum Gasteiger partial charge on any atom is 0.246 e. The summed E-state index contributed by atoms with van der Waals surface area (Å²) < 4.78 is 45.8. The third kappa shape index (κ3) is 2.79. The van der Waals surface area contributed by atoms with Crippen molar-refractivity contribution in [1.82, 2.24) is 4.31 Å². The van der Waals surface area contributed by atoms with Gasteiger partial charge in [-0.15, -0.1) is 0 Å². The average molecular weight is 310 g/mol. The molecule has 3 rings (SSSR count). The zero-order valence-corrected chi connectivity index (χ0v) is 12.0. The van der Waals surface area contributed by atoms with E-state index in [9.17, 15) is 12.8 Å². The fraction of sp³-hybridized carbons (Fsp3) is 0.286. The molecule has 0 radical (unpaired) electrons. The molecule has 1 aliphatic rings. The summed E-state index contributed by atoms with van der Waals surface area (Å²) in [6.45, 7) is 0.101. The number of nitrogens with zero attached hydrogens (tertiary/aromatic N) is 1. The van der Waals surface area contributed by atoms with E-state index in [1.165, 1.54) is 22.7 Å². The first-order valence-corrected chi connectivity index (χ1v) is 8.02. The predicted octanol–water partition coefficient (Wildman–Crippen LogP) is 2.35. The Kier molecular flexibility index (Phi) is 3.46. The lowest BCUT2D eigenvalue weighted by molar-refractivity contribution is 0.355. The lowest BCUT2D eigenvalue weighted by Gasteiger charge is -2.21. The van der Waals surface area contributed by atoms with Crippen molar-refractivity contribution in [3.8, 4) is 0 Å². The number of hydrogen-bond donors (Lipinski definition) is 1. The second kappa shape index (κ2) is 5.16. The van der Waals surface area contributed by atoms with E-state index in [2.05, 4.69) is 0 Å². The fourth-order valence-electron chi connectivity index (χ4n) is 2.18. The molecule has 1 fully saturated rings. The molecule has 0 unspecified atom stereocenters. The van der Waals surface area contributed by atoms with Gasteiger partial charge in [-0.2, -0.15) is 4.31 Å². The number of furan rings is 1. The van der Waals surface area contributed by atoms with Crippen molar-refractivity contribution in [2.24, 2.45) is 0 Å². The topological polar surface area (TPSA) is 76.5 Å². The molecule has 1 aromatic carbocycles. The Bertz CT molecular complexity index is 740. The van der Waals surface area contributed by atoms with E-state index in [-0.39, 0.29) is 23.2 Å². The highest BCUT2D eigenvalue weighted by Gasteiger charge is 2.39. The molecule has 2 N–H and O–H groups in total. The zero-order valence-electron chi connectivity index (χ0n) is 11.2. The lowest BCUT2D eigenvalue weighted by atomic mass is 10.3. The smallest absolute Gasteiger partial charge is 0.246 e. The monoisotopic (exact) mass is 310 g/mol. The standard InChI is InChI=1S/C14H15FN2O3S/c15-13-8-10(16)3-6-14(13)21(18,19)17(11-4-5-11)9-12-2-1-7-20-12/h1-3,6-8,11H,4-5,9,16H2. The van der Waals surface area contributed by atoms with Crippen molar-refractivity contribution >= 4 is 15.7 Å². The van der Waals surface area contributed by atoms with E-state index in [1.54, 1.807) is 12.1 Å². The quantitative estimate of drug-likeness (QED) is 0.860. The average Bonchev–Trinajstić information content (AvgIpc) is 3.11. The molecule has 7 heteroatoms. The summed E-state index contributed by atoms with van der Waals surface area (Å²) in [4.78, 5) is -0.352. The second-order valence-corrected chi connectivity index (χ2v) is 6.91. The minimum atomic E-state index is -3.92. The number of nitrogen functional groups attached to an aromatic ring is 1. The lowest BCUT2D eigenvalue weighted by Crippen LogP contribution is -2.33. The molecular weight excluding hydrogens is 295 g/mol. The normalized spacial score (nSPS) is 15.5. The SMILES string of the molecule is Nc1ccc(S(=O)(=O)N(Cc2ccco2)C2CC2)c(F)c1. The highest BCUT2D eigenvalue weighted by atomic mass is 32.2. The number of hydrogen-bond acceptors (Lipinski definition) is 4. The Morgan fingerprint density at radius 3 is 2.67 bits per heavy atom. The Morgan fingerprint density at radius 2 is 2.10 bits per heavy atom. The van der Waals surface area contributed by atoms with Crippen molar-refractivity contribution in [3.63, 3.8) is 0 Å². The number of rotatable bonds is 5. The van der Waals surface area contributed by atoms with Gasteiger partial charge in [0.25, 0.3) is 0 Å². The Balaban J connectivity index is 1.97. The van der Waals surface area contributed by atoms with Gasteiger partial charge in [0.2, 0.25) is 10.0 Å². The van der Waals surface area contributed by atoms with Crippen LogP contribution in [-0.4, -0.2) is 18.8 Å². The van der Waals surface area contributed by atoms with Gasteiger partial charge in [-0.25, -0.2) is 12.8 Å². The van der Waals surface area contributed by atoms with Gasteiger partial charge >= 0.3 is 0 Å². The summed E-state index contributed by atoms with van der Waals surface area (Å²) in [5.41, 5.74) is 5.66. The van der Waals surface area contributed by atoms with Crippen LogP contribution in [0.4, 0.5) is 10.1 Å². The Morgan fingerprint density at radius 1 is 1.33 bits per heavy atom. The molecule has 1 aromatic heterocycles. The van der Waals surface area contributed by atoms with Gasteiger partial charge in [0.1, 0.15) is 16.5 Å². The van der Waals surface area contributed by atoms with Crippen LogP contribution in [0, 0.1) is 5.82 Å². The molecule has 1 saturated carbocycles. The molecule has 1 heterocycles. The van der Waals surface area contributed by atoms with Crippen molar-refractivity contribution < 1.29 is 17.2 Å². The summed E-state index contributed by atoms with van der Waals surface area (Å²) in [5, 5.41) is 0. The molecule has 21 heavy (non-hydrogen) atoms. The summed E-state index contributed by atoms with van der Waals surface area (Å²) >= 11 is 0. The van der Waals surface area contributed by atoms with Crippen LogP contribution in [0.25, 0.3) is 0 Å². The van der Waals surface area contributed by atoms with Gasteiger partial charge in [0, 0.05) is 11.7 Å². The minimum Gasteiger partial charge on any atom is -0.468 e. The van der Waals surface area contributed by atoms with Crippen molar-refractivity contribution in [2.45, 2.75) is 30.3 Å². The van der Waals surface area contributed by atoms with Gasteiger partial charge in [0.05, 0.1) is 12.8 Å². The predicted molar refractivity (Wildman–Crippen MR) is 75.3 cm³/mol. The highest BCUT2D eigenvalue weighted by molar-refractivity contribution is 7.89. The minimum absolute atomic E-state index is 0.1000. The van der Waals surface area contributed by atoms with E-state index in [1.807, 2.05) is 0 Å². The number of benzene rings is 1. The molecule has 112 valence electrons. The van der Waals surface area contributed by atoms with Gasteiger partial charge in [0.15, 0.2) is 0 Å². The summed E-state index contributed by atoms with van der Waals surface area (Å²) in [6, 6.07) is 6.90. The first kappa shape index (κ1) is 14.1. The third-order valence-electron chi connectivity index (χ3n) is 3.39. The zero-order chi connectivity index (χ0) is 15.0. The van der Waals surface area contributed by atoms with Crippen LogP contribution in [0.2, 0.25) is 0 Å². The highest BCUT2D eigenvalue weighted by Crippen LogP contribution is 2.34. The number of sulfonamides is 1. The molecule has 2 aromatic rings. The first-order valence-electron chi connectivity index (χ1n) is 6.58. The third-order valence-corrected chi connectivity index (χ3v) is 5.32. The number of anilines is 1. The molecule has 5 nitrogen and oxygen atoms in total. The van der Waals surface area contributed by atoms with Crippen LogP contribution in [0.5, 0.6) is 0 Å². The van der Waals surface area contributed by atoms with Gasteiger partial charge in [-0.3, -0.25) is 0 Å². The second-order valence-electron chi connectivity index (χ2n) is 5.05. The van der Waals surface area contributed by atoms with Crippen LogP contribution in [0.1, 0.15) is 18.6 Å². The molecule has 0 saturated heterocycles. The van der Waals surface area contributed by atoms with Crippen LogP contribution in [0.3, 0.4) is 0 Å². The maximum atomic E-state index is 14.0. The van der Waals surface area contributed by atoms with Gasteiger partial charge in [-0.05, 0) is 43.2 Å². The number of nitrogens with two attached hydrogens (primary N) is 1. The molecule has 1 aliphatic carbocycles. The van der Waals surface area contributed by atoms with Crippen molar-refractivity contribution in [3.05, 3.63) is 48.2 Å². The summed E-state index contributed by atoms with van der Waals surface area (Å²) in [7, 11) is -3.92. The molecule has 0 bridgehead atoms. The molecule has 0 aliphatic heterocycles. The van der Waals surface area contributed by atoms with Crippen LogP contribution >= 0.6 is 0 Å². The van der Waals surface area contributed by atoms with E-state index in [4.69, 9.17) is 10.2 Å². The van der Waals surface area contributed by atoms with Crippen molar-refractivity contribution in [2.75, 3.05) is 5.73 Å². The summed E-state index contributed by atoms with van der Waals surface area (Å²) in [6.07, 6.45) is 3.03. The van der Waals surface area contributed by atoms with Gasteiger partial charge < -0.3 is 10.2 Å². The van der Waals surface area contributed by atoms with Crippen LogP contribution in [0.15, 0.2) is 45.9 Å². The summed E-state index contributed by atoms with van der Waals surface area (Å²) in [5.74, 6) is -0.304. The molecule has 0 atom stereocenters. The maximum absolute atomic E-state index is 14.0. The van der Waals surface area contributed by atoms with E-state index >= 15 is 0 Å². The first-order chi connectivity index (χ1) is 9.98. The Labute approximate surface area is 122 Å². The van der Waals surface area contributed by atoms with Crippen molar-refractivity contribution in [1.29, 1.82) is 0 Å². The van der Waals surface area contributed by atoms with E-state index in [0.717, 1.165) is 18.9 Å². The largest absolute Gasteiger partial charge is 0.468 e.